The number of aromatic amines is 1. The fraction of sp³-hybridized carbons (Fsp3) is 0.318. The molecule has 1 aliphatic carbocycles. The smallest absolute Gasteiger partial charge is 0.331 e. The quantitative estimate of drug-likeness (QED) is 0.490. The third-order valence-corrected chi connectivity index (χ3v) is 6.01. The lowest BCUT2D eigenvalue weighted by Gasteiger charge is -2.09. The van der Waals surface area contributed by atoms with Crippen LogP contribution in [0.25, 0.3) is 16.3 Å². The van der Waals surface area contributed by atoms with Crippen molar-refractivity contribution in [1.82, 2.24) is 9.97 Å². The van der Waals surface area contributed by atoms with Gasteiger partial charge in [-0.1, -0.05) is 12.1 Å². The van der Waals surface area contributed by atoms with E-state index in [9.17, 15) is 9.59 Å². The van der Waals surface area contributed by atoms with E-state index in [-0.39, 0.29) is 12.2 Å². The van der Waals surface area contributed by atoms with Crippen LogP contribution < -0.4 is 10.3 Å². The minimum absolute atomic E-state index is 0.0692. The summed E-state index contributed by atoms with van der Waals surface area (Å²) >= 11 is 1.58. The summed E-state index contributed by atoms with van der Waals surface area (Å²) in [6.45, 7) is 2.47. The molecule has 0 bridgehead atoms. The number of hydrogen-bond donors (Lipinski definition) is 1. The molecule has 0 amide bonds. The van der Waals surface area contributed by atoms with Crippen LogP contribution in [-0.4, -0.2) is 22.5 Å². The van der Waals surface area contributed by atoms with Crippen LogP contribution in [-0.2, 0) is 29.0 Å². The summed E-state index contributed by atoms with van der Waals surface area (Å²) in [4.78, 5) is 33.8. The number of ether oxygens (including phenoxy) is 2. The largest absolute Gasteiger partial charge is 0.494 e. The van der Waals surface area contributed by atoms with Gasteiger partial charge in [-0.25, -0.2) is 9.78 Å². The number of esters is 1. The summed E-state index contributed by atoms with van der Waals surface area (Å²) in [5.41, 5.74) is 1.86. The highest BCUT2D eigenvalue weighted by molar-refractivity contribution is 7.18. The summed E-state index contributed by atoms with van der Waals surface area (Å²) in [5.74, 6) is 0.656. The predicted molar refractivity (Wildman–Crippen MR) is 113 cm³/mol. The molecule has 1 N–H and O–H groups in total. The van der Waals surface area contributed by atoms with E-state index in [0.717, 1.165) is 47.4 Å². The highest BCUT2D eigenvalue weighted by Crippen LogP contribution is 2.33. The van der Waals surface area contributed by atoms with Crippen LogP contribution in [0.1, 0.15) is 41.6 Å². The Hall–Kier alpha value is -2.93. The number of benzene rings is 1. The Bertz CT molecular complexity index is 1110. The molecule has 0 unspecified atom stereocenters. The molecule has 0 radical (unpaired) electrons. The van der Waals surface area contributed by atoms with Gasteiger partial charge in [-0.2, -0.15) is 0 Å². The lowest BCUT2D eigenvalue weighted by molar-refractivity contribution is -0.139. The van der Waals surface area contributed by atoms with Gasteiger partial charge in [0.25, 0.3) is 5.56 Å². The fourth-order valence-electron chi connectivity index (χ4n) is 3.47. The minimum Gasteiger partial charge on any atom is -0.494 e. The van der Waals surface area contributed by atoms with Gasteiger partial charge < -0.3 is 14.5 Å². The van der Waals surface area contributed by atoms with Gasteiger partial charge in [0.1, 0.15) is 23.0 Å². The van der Waals surface area contributed by atoms with Gasteiger partial charge in [-0.3, -0.25) is 4.79 Å². The molecule has 0 fully saturated rings. The molecule has 150 valence electrons. The molecule has 3 aromatic rings. The summed E-state index contributed by atoms with van der Waals surface area (Å²) in [5, 5.41) is 0.704. The number of nitrogens with one attached hydrogen (secondary N) is 1. The zero-order chi connectivity index (χ0) is 20.2. The number of carbonyl (C=O) groups is 1. The van der Waals surface area contributed by atoms with Gasteiger partial charge in [0.2, 0.25) is 0 Å². The first-order valence-electron chi connectivity index (χ1n) is 9.75. The second-order valence-electron chi connectivity index (χ2n) is 6.85. The maximum absolute atomic E-state index is 12.5. The molecule has 0 saturated carbocycles. The molecule has 2 aromatic heterocycles. The van der Waals surface area contributed by atoms with Crippen molar-refractivity contribution in [1.29, 1.82) is 0 Å². The number of aryl methyl sites for hydroxylation is 2. The average Bonchev–Trinajstić information content (AvgIpc) is 3.11. The SMILES string of the molecule is CCOc1ccc(/C=C/C(=O)OCc2nc3sc4c(c3c(=O)[nH]2)CCCC4)cc1. The van der Waals surface area contributed by atoms with Gasteiger partial charge >= 0.3 is 5.97 Å². The van der Waals surface area contributed by atoms with Gasteiger partial charge in [0.15, 0.2) is 0 Å². The average molecular weight is 410 g/mol. The van der Waals surface area contributed by atoms with E-state index in [1.807, 2.05) is 31.2 Å². The molecule has 1 aromatic carbocycles. The number of carbonyl (C=O) groups excluding carboxylic acids is 1. The molecule has 7 heteroatoms. The molecule has 0 aliphatic heterocycles. The number of aromatic nitrogens is 2. The third-order valence-electron chi connectivity index (χ3n) is 4.83. The predicted octanol–water partition coefficient (Wildman–Crippen LogP) is 4.02. The second kappa shape index (κ2) is 8.61. The summed E-state index contributed by atoms with van der Waals surface area (Å²) in [6, 6.07) is 7.42. The Morgan fingerprint density at radius 3 is 2.83 bits per heavy atom. The summed E-state index contributed by atoms with van der Waals surface area (Å²) in [6.07, 6.45) is 7.24. The fourth-order valence-corrected chi connectivity index (χ4v) is 4.75. The Labute approximate surface area is 172 Å². The number of hydrogen-bond acceptors (Lipinski definition) is 6. The molecule has 0 saturated heterocycles. The van der Waals surface area contributed by atoms with E-state index in [1.54, 1.807) is 17.4 Å². The second-order valence-corrected chi connectivity index (χ2v) is 7.93. The van der Waals surface area contributed by atoms with Crippen molar-refractivity contribution in [3.8, 4) is 5.75 Å². The van der Waals surface area contributed by atoms with Crippen molar-refractivity contribution in [2.75, 3.05) is 6.61 Å². The van der Waals surface area contributed by atoms with Crippen LogP contribution in [0.5, 0.6) is 5.75 Å². The number of nitrogens with zero attached hydrogens (tertiary/aromatic N) is 1. The van der Waals surface area contributed by atoms with Gasteiger partial charge in [0, 0.05) is 11.0 Å². The highest BCUT2D eigenvalue weighted by Gasteiger charge is 2.19. The third kappa shape index (κ3) is 4.40. The molecule has 2 heterocycles. The first kappa shape index (κ1) is 19.4. The Kier molecular flexibility index (Phi) is 5.76. The normalized spacial score (nSPS) is 13.6. The summed E-state index contributed by atoms with van der Waals surface area (Å²) in [7, 11) is 0. The van der Waals surface area contributed by atoms with Crippen LogP contribution in [0.4, 0.5) is 0 Å². The van der Waals surface area contributed by atoms with Gasteiger partial charge in [0.05, 0.1) is 12.0 Å². The topological polar surface area (TPSA) is 81.3 Å². The van der Waals surface area contributed by atoms with Crippen LogP contribution in [0.3, 0.4) is 0 Å². The Morgan fingerprint density at radius 2 is 2.03 bits per heavy atom. The lowest BCUT2D eigenvalue weighted by atomic mass is 9.97. The van der Waals surface area contributed by atoms with Crippen molar-refractivity contribution in [2.24, 2.45) is 0 Å². The van der Waals surface area contributed by atoms with Crippen molar-refractivity contribution in [2.45, 2.75) is 39.2 Å². The standard InChI is InChI=1S/C22H22N2O4S/c1-2-27-15-10-7-14(8-11-15)9-12-19(25)28-13-18-23-21(26)20-16-5-3-4-6-17(16)29-22(20)24-18/h7-12H,2-6,13H2,1H3,(H,23,24,26)/b12-9+. The van der Waals surface area contributed by atoms with Crippen molar-refractivity contribution >= 4 is 33.6 Å². The van der Waals surface area contributed by atoms with E-state index in [0.29, 0.717) is 17.8 Å². The van der Waals surface area contributed by atoms with Crippen molar-refractivity contribution in [3.05, 3.63) is 62.5 Å². The van der Waals surface area contributed by atoms with E-state index in [1.165, 1.54) is 11.0 Å². The van der Waals surface area contributed by atoms with Crippen molar-refractivity contribution < 1.29 is 14.3 Å². The maximum Gasteiger partial charge on any atom is 0.331 e. The summed E-state index contributed by atoms with van der Waals surface area (Å²) < 4.78 is 10.6. The van der Waals surface area contributed by atoms with Crippen LogP contribution in [0, 0.1) is 0 Å². The monoisotopic (exact) mass is 410 g/mol. The molecule has 29 heavy (non-hydrogen) atoms. The number of fused-ring (bicyclic) bond motifs is 3. The highest BCUT2D eigenvalue weighted by atomic mass is 32.1. The van der Waals surface area contributed by atoms with Gasteiger partial charge in [-0.15, -0.1) is 11.3 Å². The minimum atomic E-state index is -0.493. The van der Waals surface area contributed by atoms with Crippen LogP contribution in [0.15, 0.2) is 35.1 Å². The molecule has 4 rings (SSSR count). The number of thiophene rings is 1. The van der Waals surface area contributed by atoms with E-state index in [4.69, 9.17) is 9.47 Å². The zero-order valence-corrected chi connectivity index (χ0v) is 17.0. The lowest BCUT2D eigenvalue weighted by Crippen LogP contribution is -2.14. The first-order valence-corrected chi connectivity index (χ1v) is 10.6. The van der Waals surface area contributed by atoms with Crippen molar-refractivity contribution in [3.63, 3.8) is 0 Å². The van der Waals surface area contributed by atoms with E-state index in [2.05, 4.69) is 9.97 Å². The Balaban J connectivity index is 1.41. The molecule has 1 aliphatic rings. The Morgan fingerprint density at radius 1 is 1.24 bits per heavy atom. The van der Waals surface area contributed by atoms with Crippen LogP contribution >= 0.6 is 11.3 Å². The maximum atomic E-state index is 12.5. The molecular weight excluding hydrogens is 388 g/mol. The zero-order valence-electron chi connectivity index (χ0n) is 16.2. The number of rotatable bonds is 6. The number of H-pyrrole nitrogens is 1. The van der Waals surface area contributed by atoms with E-state index >= 15 is 0 Å². The molecule has 0 spiro atoms. The first-order chi connectivity index (χ1) is 14.1. The molecule has 0 atom stereocenters. The molecular formula is C22H22N2O4S. The van der Waals surface area contributed by atoms with E-state index < -0.39 is 5.97 Å². The van der Waals surface area contributed by atoms with Crippen LogP contribution in [0.2, 0.25) is 0 Å². The van der Waals surface area contributed by atoms with Gasteiger partial charge in [-0.05, 0) is 61.9 Å². The molecule has 6 nitrogen and oxygen atoms in total.